The summed E-state index contributed by atoms with van der Waals surface area (Å²) in [5.41, 5.74) is 2.08. The van der Waals surface area contributed by atoms with E-state index in [1.165, 1.54) is 0 Å². The normalized spacial score (nSPS) is 26.8. The van der Waals surface area contributed by atoms with Crippen LogP contribution in [0.25, 0.3) is 0 Å². The smallest absolute Gasteiger partial charge is 0.251 e. The molecule has 3 aromatic rings. The maximum absolute atomic E-state index is 15.1. The molecule has 9 heteroatoms. The summed E-state index contributed by atoms with van der Waals surface area (Å²) in [5, 5.41) is 11.3. The number of nitrogens with zero attached hydrogens (tertiary/aromatic N) is 3. The van der Waals surface area contributed by atoms with Crippen molar-refractivity contribution in [1.82, 2.24) is 4.90 Å². The fourth-order valence-corrected chi connectivity index (χ4v) is 10.4. The zero-order chi connectivity index (χ0) is 32.6. The van der Waals surface area contributed by atoms with E-state index in [4.69, 9.17) is 11.6 Å². The Morgan fingerprint density at radius 1 is 0.957 bits per heavy atom. The van der Waals surface area contributed by atoms with Gasteiger partial charge in [0.1, 0.15) is 6.04 Å². The molecule has 3 aliphatic heterocycles. The highest BCUT2D eigenvalue weighted by molar-refractivity contribution is 8.02. The molecule has 238 valence electrons. The number of benzene rings is 3. The van der Waals surface area contributed by atoms with Crippen molar-refractivity contribution in [3.05, 3.63) is 121 Å². The van der Waals surface area contributed by atoms with E-state index >= 15 is 9.59 Å². The minimum absolute atomic E-state index is 0.0463. The van der Waals surface area contributed by atoms with Gasteiger partial charge < -0.3 is 19.8 Å². The first-order chi connectivity index (χ1) is 22.3. The molecule has 3 fully saturated rings. The van der Waals surface area contributed by atoms with Crippen LogP contribution in [0.1, 0.15) is 24.9 Å². The van der Waals surface area contributed by atoms with Crippen molar-refractivity contribution in [2.45, 2.75) is 35.4 Å². The summed E-state index contributed by atoms with van der Waals surface area (Å²) in [5.74, 6) is -2.14. The van der Waals surface area contributed by atoms with E-state index in [-0.39, 0.29) is 42.0 Å². The van der Waals surface area contributed by atoms with E-state index in [1.54, 1.807) is 62.9 Å². The molecule has 0 radical (unpaired) electrons. The Bertz CT molecular complexity index is 1620. The first-order valence-electron chi connectivity index (χ1n) is 15.6. The molecule has 3 unspecified atom stereocenters. The second-order valence-corrected chi connectivity index (χ2v) is 14.2. The van der Waals surface area contributed by atoms with Crippen LogP contribution in [0.3, 0.4) is 0 Å². The Labute approximate surface area is 279 Å². The third kappa shape index (κ3) is 5.17. The quantitative estimate of drug-likeness (QED) is 0.251. The van der Waals surface area contributed by atoms with Gasteiger partial charge >= 0.3 is 0 Å². The summed E-state index contributed by atoms with van der Waals surface area (Å²) in [6.45, 7) is 10.0. The van der Waals surface area contributed by atoms with Gasteiger partial charge in [-0.3, -0.25) is 14.4 Å². The zero-order valence-corrected chi connectivity index (χ0v) is 27.3. The SMILES string of the molecule is C=CCN(C(=O)C1N([C@H](CO)c2ccccc2)C(=O)[C@@H]2[C@H](C(=O)N(CC=C)c3ccccc3)[C@@H]3CC(C)C12S3)c1ccc(Cl)cc1. The first-order valence-corrected chi connectivity index (χ1v) is 16.8. The lowest BCUT2D eigenvalue weighted by Crippen LogP contribution is -2.58. The lowest BCUT2D eigenvalue weighted by atomic mass is 9.65. The topological polar surface area (TPSA) is 81.2 Å². The number of rotatable bonds is 11. The lowest BCUT2D eigenvalue weighted by molar-refractivity contribution is -0.142. The van der Waals surface area contributed by atoms with Gasteiger partial charge in [-0.1, -0.05) is 79.2 Å². The van der Waals surface area contributed by atoms with Crippen molar-refractivity contribution in [3.63, 3.8) is 0 Å². The molecule has 7 atom stereocenters. The maximum atomic E-state index is 15.1. The summed E-state index contributed by atoms with van der Waals surface area (Å²) < 4.78 is -0.885. The molecule has 0 saturated carbocycles. The molecular formula is C37H38ClN3O4S. The second-order valence-electron chi connectivity index (χ2n) is 12.2. The molecule has 2 bridgehead atoms. The molecule has 3 saturated heterocycles. The molecule has 1 spiro atoms. The minimum atomic E-state index is -0.939. The first kappa shape index (κ1) is 32.1. The van der Waals surface area contributed by atoms with Gasteiger partial charge in [0.05, 0.1) is 29.2 Å². The summed E-state index contributed by atoms with van der Waals surface area (Å²) in [6.07, 6.45) is 4.04. The monoisotopic (exact) mass is 655 g/mol. The number of hydrogen-bond donors (Lipinski definition) is 1. The molecule has 1 N–H and O–H groups in total. The number of para-hydroxylation sites is 1. The molecule has 3 heterocycles. The number of halogens is 1. The van der Waals surface area contributed by atoms with Gasteiger partial charge in [0.15, 0.2) is 0 Å². The number of amides is 3. The Morgan fingerprint density at radius 3 is 2.11 bits per heavy atom. The highest BCUT2D eigenvalue weighted by Crippen LogP contribution is 2.69. The number of hydrogen-bond acceptors (Lipinski definition) is 5. The zero-order valence-electron chi connectivity index (χ0n) is 25.7. The van der Waals surface area contributed by atoms with Crippen LogP contribution >= 0.6 is 23.4 Å². The number of carbonyl (C=O) groups excluding carboxylic acids is 3. The number of likely N-dealkylation sites (tertiary alicyclic amines) is 1. The number of aliphatic hydroxyl groups excluding tert-OH is 1. The molecule has 0 aromatic heterocycles. The van der Waals surface area contributed by atoms with Crippen molar-refractivity contribution in [3.8, 4) is 0 Å². The van der Waals surface area contributed by atoms with E-state index in [9.17, 15) is 9.90 Å². The molecule has 46 heavy (non-hydrogen) atoms. The maximum Gasteiger partial charge on any atom is 0.251 e. The van der Waals surface area contributed by atoms with Gasteiger partial charge in [0.25, 0.3) is 5.91 Å². The predicted molar refractivity (Wildman–Crippen MR) is 185 cm³/mol. The summed E-state index contributed by atoms with van der Waals surface area (Å²) in [7, 11) is 0. The number of carbonyl (C=O) groups is 3. The van der Waals surface area contributed by atoms with E-state index < -0.39 is 28.7 Å². The number of thioether (sulfide) groups is 1. The van der Waals surface area contributed by atoms with Gasteiger partial charge in [-0.05, 0) is 54.3 Å². The third-order valence-corrected chi connectivity index (χ3v) is 12.1. The number of aliphatic hydroxyl groups is 1. The van der Waals surface area contributed by atoms with Gasteiger partial charge in [-0.2, -0.15) is 0 Å². The summed E-state index contributed by atoms with van der Waals surface area (Å²) in [6, 6.07) is 24.0. The van der Waals surface area contributed by atoms with Crippen LogP contribution in [0.5, 0.6) is 0 Å². The van der Waals surface area contributed by atoms with Crippen molar-refractivity contribution in [2.75, 3.05) is 29.5 Å². The van der Waals surface area contributed by atoms with Crippen LogP contribution in [0, 0.1) is 17.8 Å². The number of anilines is 2. The average molecular weight is 656 g/mol. The standard InChI is InChI=1S/C37H38ClN3O4S/c1-4-20-39(27-14-10-7-11-15-27)34(43)31-30-22-24(3)37(46-30)32(31)35(44)41(29(23-42)25-12-8-6-9-13-25)33(37)36(45)40(21-5-2)28-18-16-26(38)17-19-28/h4-19,24,29-33,42H,1-2,20-23H2,3H3/t24?,29-,30+,31-,32+,33?,37?/m1/s1. The van der Waals surface area contributed by atoms with Gasteiger partial charge in [-0.25, -0.2) is 0 Å². The van der Waals surface area contributed by atoms with E-state index in [0.29, 0.717) is 23.7 Å². The average Bonchev–Trinajstić information content (AvgIpc) is 3.67. The van der Waals surface area contributed by atoms with E-state index in [1.807, 2.05) is 60.7 Å². The molecular weight excluding hydrogens is 618 g/mol. The van der Waals surface area contributed by atoms with Crippen molar-refractivity contribution in [1.29, 1.82) is 0 Å². The Hall–Kier alpha value is -3.85. The molecule has 0 aliphatic carbocycles. The minimum Gasteiger partial charge on any atom is -0.394 e. The van der Waals surface area contributed by atoms with Crippen LogP contribution in [0.15, 0.2) is 110 Å². The largest absolute Gasteiger partial charge is 0.394 e. The Morgan fingerprint density at radius 2 is 1.52 bits per heavy atom. The van der Waals surface area contributed by atoms with Crippen molar-refractivity contribution in [2.24, 2.45) is 17.8 Å². The van der Waals surface area contributed by atoms with Crippen LogP contribution in [0.2, 0.25) is 5.02 Å². The highest BCUT2D eigenvalue weighted by atomic mass is 35.5. The van der Waals surface area contributed by atoms with Gasteiger partial charge in [0.2, 0.25) is 11.8 Å². The fourth-order valence-electron chi connectivity index (χ4n) is 7.85. The molecule has 3 amide bonds. The van der Waals surface area contributed by atoms with Crippen molar-refractivity contribution < 1.29 is 19.5 Å². The van der Waals surface area contributed by atoms with Gasteiger partial charge in [-0.15, -0.1) is 24.9 Å². The highest BCUT2D eigenvalue weighted by Gasteiger charge is 2.77. The van der Waals surface area contributed by atoms with Gasteiger partial charge in [0, 0.05) is 34.7 Å². The van der Waals surface area contributed by atoms with Crippen LogP contribution < -0.4 is 9.80 Å². The van der Waals surface area contributed by atoms with Crippen LogP contribution in [0.4, 0.5) is 11.4 Å². The van der Waals surface area contributed by atoms with Crippen LogP contribution in [-0.2, 0) is 14.4 Å². The van der Waals surface area contributed by atoms with E-state index in [2.05, 4.69) is 20.1 Å². The fraction of sp³-hybridized carbons (Fsp3) is 0.324. The second kappa shape index (κ2) is 13.1. The van der Waals surface area contributed by atoms with Crippen LogP contribution in [-0.4, -0.2) is 63.5 Å². The molecule has 3 aromatic carbocycles. The molecule has 6 rings (SSSR count). The predicted octanol–water partition coefficient (Wildman–Crippen LogP) is 6.15. The lowest BCUT2D eigenvalue weighted by Gasteiger charge is -2.42. The summed E-state index contributed by atoms with van der Waals surface area (Å²) >= 11 is 7.81. The molecule has 7 nitrogen and oxygen atoms in total. The molecule has 3 aliphatic rings. The van der Waals surface area contributed by atoms with E-state index in [0.717, 1.165) is 11.3 Å². The Balaban J connectivity index is 1.50. The third-order valence-electron chi connectivity index (χ3n) is 9.76. The Kier molecular flexibility index (Phi) is 9.15. The summed E-state index contributed by atoms with van der Waals surface area (Å²) in [4.78, 5) is 49.6. The number of fused-ring (bicyclic) bond motifs is 1. The van der Waals surface area contributed by atoms with Crippen molar-refractivity contribution >= 4 is 52.5 Å².